The zero-order valence-electron chi connectivity index (χ0n) is 25.6. The minimum absolute atomic E-state index is 0.0371. The number of nitrogens with one attached hydrogen (secondary N) is 1. The van der Waals surface area contributed by atoms with Crippen molar-refractivity contribution in [2.24, 2.45) is 17.4 Å². The highest BCUT2D eigenvalue weighted by molar-refractivity contribution is 5.94. The second-order valence-corrected chi connectivity index (χ2v) is 12.8. The Hall–Kier alpha value is -4.76. The van der Waals surface area contributed by atoms with E-state index >= 15 is 0 Å². The van der Waals surface area contributed by atoms with E-state index in [0.717, 1.165) is 35.1 Å². The summed E-state index contributed by atoms with van der Waals surface area (Å²) in [5, 5.41) is 13.0. The summed E-state index contributed by atoms with van der Waals surface area (Å²) in [7, 11) is 0. The summed E-state index contributed by atoms with van der Waals surface area (Å²) in [5.74, 6) is -1.22. The van der Waals surface area contributed by atoms with Gasteiger partial charge in [-0.3, -0.25) is 14.4 Å². The van der Waals surface area contributed by atoms with E-state index in [2.05, 4.69) is 16.4 Å². The maximum Gasteiger partial charge on any atom is 0.459 e. The summed E-state index contributed by atoms with van der Waals surface area (Å²) >= 11 is 0. The Bertz CT molecular complexity index is 1740. The molecule has 2 heterocycles. The minimum Gasteiger partial charge on any atom is -0.366 e. The van der Waals surface area contributed by atoms with Crippen molar-refractivity contribution in [2.45, 2.75) is 82.5 Å². The number of nitrogens with zero attached hydrogens (tertiary/aromatic N) is 4. The van der Waals surface area contributed by atoms with Gasteiger partial charge in [0.1, 0.15) is 6.04 Å². The molecule has 2 fully saturated rings. The number of primary amides is 2. The van der Waals surface area contributed by atoms with Crippen LogP contribution in [0.2, 0.25) is 0 Å². The van der Waals surface area contributed by atoms with E-state index in [1.807, 2.05) is 32.9 Å². The molecule has 3 aromatic rings. The molecule has 0 bridgehead atoms. The first-order valence-electron chi connectivity index (χ1n) is 15.4. The number of hydrogen-bond acceptors (Lipinski definition) is 8. The first kappa shape index (κ1) is 30.3. The van der Waals surface area contributed by atoms with E-state index in [1.165, 1.54) is 4.74 Å². The maximum atomic E-state index is 13.4. The van der Waals surface area contributed by atoms with Crippen LogP contribution in [0.25, 0.3) is 0 Å². The highest BCUT2D eigenvalue weighted by Gasteiger charge is 2.54. The third-order valence-electron chi connectivity index (χ3n) is 9.55. The fourth-order valence-electron chi connectivity index (χ4n) is 7.44. The number of fused-ring (bicyclic) bond motifs is 3. The minimum atomic E-state index is -1.11. The number of aryl methyl sites for hydroxylation is 2. The Morgan fingerprint density at radius 1 is 1.04 bits per heavy atom. The average molecular weight is 612 g/mol. The van der Waals surface area contributed by atoms with Gasteiger partial charge in [-0.25, -0.2) is 4.79 Å². The number of carbonyl (C=O) groups excluding carboxylic acids is 3. The topological polar surface area (TPSA) is 190 Å². The second kappa shape index (κ2) is 11.3. The molecular weight excluding hydrogens is 574 g/mol. The first-order chi connectivity index (χ1) is 21.4. The van der Waals surface area contributed by atoms with Gasteiger partial charge in [-0.2, -0.15) is 15.0 Å². The number of piperidine rings is 1. The van der Waals surface area contributed by atoms with Crippen LogP contribution in [-0.4, -0.2) is 57.0 Å². The van der Waals surface area contributed by atoms with E-state index in [0.29, 0.717) is 42.1 Å². The van der Waals surface area contributed by atoms with Crippen LogP contribution < -0.4 is 22.5 Å². The molecule has 45 heavy (non-hydrogen) atoms. The highest BCUT2D eigenvalue weighted by Crippen LogP contribution is 2.49. The molecule has 2 aliphatic carbocycles. The van der Waals surface area contributed by atoms with Gasteiger partial charge in [0.05, 0.1) is 24.1 Å². The fraction of sp³-hybridized carbons (Fsp3) is 0.455. The lowest BCUT2D eigenvalue weighted by molar-refractivity contribution is -0.131. The predicted molar refractivity (Wildman–Crippen MR) is 163 cm³/mol. The molecule has 12 heteroatoms. The van der Waals surface area contributed by atoms with Crippen molar-refractivity contribution in [3.05, 3.63) is 86.2 Å². The number of benzene rings is 2. The molecular formula is C33H37N7O5. The van der Waals surface area contributed by atoms with E-state index < -0.39 is 29.0 Å². The summed E-state index contributed by atoms with van der Waals surface area (Å²) in [4.78, 5) is 56.8. The lowest BCUT2D eigenvalue weighted by Gasteiger charge is -2.38. The van der Waals surface area contributed by atoms with Crippen molar-refractivity contribution >= 4 is 17.7 Å². The number of hydrogen-bond donors (Lipinski definition) is 3. The summed E-state index contributed by atoms with van der Waals surface area (Å²) in [6.45, 7) is 5.77. The molecule has 6 rings (SSSR count). The van der Waals surface area contributed by atoms with Crippen molar-refractivity contribution in [2.75, 3.05) is 6.54 Å². The van der Waals surface area contributed by atoms with Gasteiger partial charge in [0.2, 0.25) is 17.7 Å². The predicted octanol–water partition coefficient (Wildman–Crippen LogP) is 1.93. The van der Waals surface area contributed by atoms with E-state index in [4.69, 9.17) is 16.0 Å². The highest BCUT2D eigenvalue weighted by atomic mass is 16.5. The molecule has 1 saturated heterocycles. The molecule has 1 aromatic heterocycles. The molecule has 1 saturated carbocycles. The van der Waals surface area contributed by atoms with Crippen molar-refractivity contribution in [1.82, 2.24) is 19.9 Å². The Kier molecular flexibility index (Phi) is 7.61. The molecule has 3 amide bonds. The van der Waals surface area contributed by atoms with Gasteiger partial charge in [0, 0.05) is 23.2 Å². The zero-order valence-corrected chi connectivity index (χ0v) is 25.6. The Morgan fingerprint density at radius 2 is 1.64 bits per heavy atom. The SMILES string of the molecule is CC(C)n1oc(=O)nc1C1(C[C@@H](C)NCC(=O)N2[C@H](C#N)C[C@@H]3C[C@@H]32)c2ccc(C(N)=O)cc2CCc2cc(C(N)=O)ccc21. The van der Waals surface area contributed by atoms with Gasteiger partial charge in [0.25, 0.3) is 0 Å². The van der Waals surface area contributed by atoms with Crippen LogP contribution in [0, 0.1) is 17.2 Å². The zero-order chi connectivity index (χ0) is 32.2. The summed E-state index contributed by atoms with van der Waals surface area (Å²) < 4.78 is 7.14. The van der Waals surface area contributed by atoms with Crippen LogP contribution in [0.5, 0.6) is 0 Å². The summed E-state index contributed by atoms with van der Waals surface area (Å²) in [5.41, 5.74) is 14.2. The molecule has 1 aliphatic heterocycles. The van der Waals surface area contributed by atoms with Crippen molar-refractivity contribution in [3.8, 4) is 6.07 Å². The lowest BCUT2D eigenvalue weighted by Crippen LogP contribution is -2.47. The number of nitriles is 1. The molecule has 2 aromatic carbocycles. The number of carbonyl (C=O) groups is 3. The van der Waals surface area contributed by atoms with Crippen LogP contribution >= 0.6 is 0 Å². The largest absolute Gasteiger partial charge is 0.459 e. The third kappa shape index (κ3) is 5.21. The number of amides is 3. The molecule has 4 atom stereocenters. The monoisotopic (exact) mass is 611 g/mol. The van der Waals surface area contributed by atoms with Crippen molar-refractivity contribution in [1.29, 1.82) is 5.26 Å². The lowest BCUT2D eigenvalue weighted by atomic mass is 9.67. The Morgan fingerprint density at radius 3 is 2.18 bits per heavy atom. The second-order valence-electron chi connectivity index (χ2n) is 12.8. The van der Waals surface area contributed by atoms with Crippen molar-refractivity contribution in [3.63, 3.8) is 0 Å². The van der Waals surface area contributed by atoms with Gasteiger partial charge < -0.3 is 26.2 Å². The summed E-state index contributed by atoms with van der Waals surface area (Å²) in [6, 6.07) is 12.0. The van der Waals surface area contributed by atoms with Gasteiger partial charge >= 0.3 is 5.76 Å². The van der Waals surface area contributed by atoms with E-state index in [1.54, 1.807) is 29.2 Å². The quantitative estimate of drug-likeness (QED) is 0.327. The maximum absolute atomic E-state index is 13.4. The number of aromatic nitrogens is 2. The van der Waals surface area contributed by atoms with Crippen LogP contribution in [-0.2, 0) is 23.1 Å². The third-order valence-corrected chi connectivity index (χ3v) is 9.55. The molecule has 5 N–H and O–H groups in total. The van der Waals surface area contributed by atoms with E-state index in [9.17, 15) is 24.4 Å². The van der Waals surface area contributed by atoms with Crippen LogP contribution in [0.4, 0.5) is 0 Å². The molecule has 3 aliphatic rings. The van der Waals surface area contributed by atoms with Crippen LogP contribution in [0.3, 0.4) is 0 Å². The molecule has 12 nitrogen and oxygen atoms in total. The van der Waals surface area contributed by atoms with E-state index in [-0.39, 0.29) is 30.6 Å². The Labute approximate surface area is 260 Å². The van der Waals surface area contributed by atoms with Gasteiger partial charge in [-0.15, -0.1) is 0 Å². The van der Waals surface area contributed by atoms with Gasteiger partial charge in [-0.05, 0) is 105 Å². The van der Waals surface area contributed by atoms with Crippen molar-refractivity contribution < 1.29 is 18.9 Å². The molecule has 0 spiro atoms. The molecule has 0 radical (unpaired) electrons. The van der Waals surface area contributed by atoms with Gasteiger partial charge in [0.15, 0.2) is 5.82 Å². The van der Waals surface area contributed by atoms with Gasteiger partial charge in [-0.1, -0.05) is 12.1 Å². The smallest absolute Gasteiger partial charge is 0.366 e. The number of rotatable bonds is 9. The first-order valence-corrected chi connectivity index (χ1v) is 15.4. The number of nitrogens with two attached hydrogens (primary N) is 2. The normalized spacial score (nSPS) is 21.7. The average Bonchev–Trinajstić information content (AvgIpc) is 3.53. The molecule has 234 valence electrons. The summed E-state index contributed by atoms with van der Waals surface area (Å²) in [6.07, 6.45) is 3.03. The Balaban J connectivity index is 1.49. The van der Waals surface area contributed by atoms with Crippen LogP contribution in [0.1, 0.15) is 94.9 Å². The number of likely N-dealkylation sites (tertiary alicyclic amines) is 1. The standard InChI is InChI=1S/C33H37N7O5/c1-17(2)40-31(38-32(44)45-40)33(14-18(3)37-16-28(41)39-24(15-34)12-23-13-27(23)39)25-8-6-21(29(35)42)10-19(25)4-5-20-11-22(30(36)43)7-9-26(20)33/h6-11,17-18,23-24,27,37H,4-5,12-14,16H2,1-3H3,(H2,35,42)(H2,36,43)/t18-,23-,24+,27+/m1/s1. The molecule has 0 unspecified atom stereocenters. The fourth-order valence-corrected chi connectivity index (χ4v) is 7.44. The van der Waals surface area contributed by atoms with Crippen LogP contribution in [0.15, 0.2) is 45.7 Å².